The van der Waals surface area contributed by atoms with Crippen LogP contribution in [-0.2, 0) is 6.54 Å². The summed E-state index contributed by atoms with van der Waals surface area (Å²) < 4.78 is 17.2. The van der Waals surface area contributed by atoms with Gasteiger partial charge in [-0.15, -0.1) is 5.10 Å². The summed E-state index contributed by atoms with van der Waals surface area (Å²) in [4.78, 5) is 13.5. The largest absolute Gasteiger partial charge is 0.326 e. The molecule has 0 N–H and O–H groups in total. The first-order chi connectivity index (χ1) is 12.6. The van der Waals surface area contributed by atoms with Gasteiger partial charge in [0.2, 0.25) is 0 Å². The quantitative estimate of drug-likeness (QED) is 0.492. The molecule has 7 heteroatoms. The average molecular weight is 346 g/mol. The summed E-state index contributed by atoms with van der Waals surface area (Å²) in [6, 6.07) is 4.82. The summed E-state index contributed by atoms with van der Waals surface area (Å²) in [5, 5.41) is 4.50. The molecule has 0 saturated heterocycles. The van der Waals surface area contributed by atoms with Crippen LogP contribution in [0, 0.1) is 19.7 Å². The molecule has 1 aliphatic rings. The van der Waals surface area contributed by atoms with Gasteiger partial charge in [0.15, 0.2) is 11.5 Å². The lowest BCUT2D eigenvalue weighted by Gasteiger charge is -1.97. The van der Waals surface area contributed by atoms with Gasteiger partial charge in [0.25, 0.3) is 0 Å². The Morgan fingerprint density at radius 2 is 2.04 bits per heavy atom. The summed E-state index contributed by atoms with van der Waals surface area (Å²) >= 11 is 0. The molecular weight excluding hydrogens is 331 g/mol. The molecule has 6 nitrogen and oxygen atoms in total. The van der Waals surface area contributed by atoms with E-state index < -0.39 is 0 Å². The first kappa shape index (κ1) is 14.9. The number of hydrogen-bond donors (Lipinski definition) is 0. The molecule has 1 aromatic carbocycles. The Kier molecular flexibility index (Phi) is 3.06. The highest BCUT2D eigenvalue weighted by Gasteiger charge is 2.20. The van der Waals surface area contributed by atoms with E-state index in [9.17, 15) is 4.39 Å². The average Bonchev–Trinajstić information content (AvgIpc) is 3.28. The van der Waals surface area contributed by atoms with E-state index in [0.29, 0.717) is 12.4 Å². The van der Waals surface area contributed by atoms with Crippen molar-refractivity contribution in [2.75, 3.05) is 0 Å². The number of benzene rings is 1. The van der Waals surface area contributed by atoms with Crippen molar-refractivity contribution in [3.05, 3.63) is 64.9 Å². The van der Waals surface area contributed by atoms with Gasteiger partial charge < -0.3 is 4.57 Å². The monoisotopic (exact) mass is 346 g/mol. The number of halogens is 1. The van der Waals surface area contributed by atoms with Crippen molar-refractivity contribution in [3.8, 4) is 11.4 Å². The highest BCUT2D eigenvalue weighted by atomic mass is 19.1. The van der Waals surface area contributed by atoms with Crippen LogP contribution < -0.4 is 0 Å². The van der Waals surface area contributed by atoms with Gasteiger partial charge in [0.05, 0.1) is 17.1 Å². The maximum Gasteiger partial charge on any atom is 0.177 e. The van der Waals surface area contributed by atoms with E-state index >= 15 is 0 Å². The number of rotatable bonds is 2. The zero-order valence-corrected chi connectivity index (χ0v) is 14.3. The Balaban J connectivity index is 1.48. The zero-order valence-electron chi connectivity index (χ0n) is 14.3. The molecular formula is C19H15FN6. The molecule has 0 radical (unpaired) electrons. The van der Waals surface area contributed by atoms with Gasteiger partial charge in [-0.25, -0.2) is 18.9 Å². The van der Waals surface area contributed by atoms with Crippen molar-refractivity contribution in [2.45, 2.75) is 20.4 Å². The summed E-state index contributed by atoms with van der Waals surface area (Å²) in [5.74, 6) is 1.26. The second-order valence-corrected chi connectivity index (χ2v) is 6.44. The fourth-order valence-electron chi connectivity index (χ4n) is 3.29. The molecule has 128 valence electrons. The van der Waals surface area contributed by atoms with Gasteiger partial charge in [-0.3, -0.25) is 4.98 Å². The van der Waals surface area contributed by atoms with Crippen LogP contribution in [0.25, 0.3) is 29.2 Å². The third kappa shape index (κ3) is 2.24. The molecule has 0 aliphatic carbocycles. The maximum atomic E-state index is 13.4. The molecule has 5 rings (SSSR count). The first-order valence-electron chi connectivity index (χ1n) is 8.31. The lowest BCUT2D eigenvalue weighted by molar-refractivity contribution is 0.625. The minimum Gasteiger partial charge on any atom is -0.326 e. The topological polar surface area (TPSA) is 60.9 Å². The van der Waals surface area contributed by atoms with Gasteiger partial charge in [-0.1, -0.05) is 0 Å². The fourth-order valence-corrected chi connectivity index (χ4v) is 3.29. The molecule has 3 aromatic heterocycles. The third-order valence-electron chi connectivity index (χ3n) is 4.57. The van der Waals surface area contributed by atoms with Crippen molar-refractivity contribution in [2.24, 2.45) is 0 Å². The summed E-state index contributed by atoms with van der Waals surface area (Å²) in [6.45, 7) is 4.50. The van der Waals surface area contributed by atoms with Crippen LogP contribution in [0.1, 0.15) is 28.5 Å². The Bertz CT molecular complexity index is 1160. The highest BCUT2D eigenvalue weighted by molar-refractivity contribution is 5.70. The van der Waals surface area contributed by atoms with Crippen LogP contribution in [0.4, 0.5) is 4.39 Å². The van der Waals surface area contributed by atoms with Gasteiger partial charge in [-0.2, -0.15) is 0 Å². The van der Waals surface area contributed by atoms with E-state index in [-0.39, 0.29) is 5.82 Å². The van der Waals surface area contributed by atoms with Crippen molar-refractivity contribution < 1.29 is 4.39 Å². The second-order valence-electron chi connectivity index (χ2n) is 6.44. The summed E-state index contributed by atoms with van der Waals surface area (Å²) in [5.41, 5.74) is 5.29. The molecule has 0 saturated carbocycles. The molecule has 4 heterocycles. The van der Waals surface area contributed by atoms with Crippen LogP contribution >= 0.6 is 0 Å². The Hall–Kier alpha value is -3.35. The lowest BCUT2D eigenvalue weighted by Crippen LogP contribution is -1.97. The molecule has 26 heavy (non-hydrogen) atoms. The lowest BCUT2D eigenvalue weighted by atomic mass is 10.1. The van der Waals surface area contributed by atoms with Crippen molar-refractivity contribution in [1.29, 1.82) is 0 Å². The van der Waals surface area contributed by atoms with E-state index in [1.54, 1.807) is 22.8 Å². The molecule has 0 bridgehead atoms. The zero-order chi connectivity index (χ0) is 17.8. The normalized spacial score (nSPS) is 12.9. The molecule has 0 spiro atoms. The van der Waals surface area contributed by atoms with Gasteiger partial charge in [-0.05, 0) is 49.8 Å². The van der Waals surface area contributed by atoms with Crippen molar-refractivity contribution >= 4 is 17.8 Å². The van der Waals surface area contributed by atoms with Crippen molar-refractivity contribution in [3.63, 3.8) is 0 Å². The van der Waals surface area contributed by atoms with E-state index in [2.05, 4.69) is 20.1 Å². The molecule has 0 atom stereocenters. The van der Waals surface area contributed by atoms with E-state index in [1.807, 2.05) is 36.8 Å². The number of aromatic nitrogens is 6. The standard InChI is InChI=1S/C19H15FN6/c1-11-8-21-12(2)18-23-17(24-26(11)18)6-4-15-10-25-9-13-7-14(20)3-5-16(13)19(25)22-15/h3-8,10H,9H2,1-2H3. The Morgan fingerprint density at radius 3 is 2.88 bits per heavy atom. The molecule has 4 aromatic rings. The Labute approximate surface area is 148 Å². The van der Waals surface area contributed by atoms with Crippen LogP contribution in [0.2, 0.25) is 0 Å². The Morgan fingerprint density at radius 1 is 1.15 bits per heavy atom. The van der Waals surface area contributed by atoms with Gasteiger partial charge in [0, 0.05) is 24.5 Å². The number of nitrogens with zero attached hydrogens (tertiary/aromatic N) is 6. The fraction of sp³-hybridized carbons (Fsp3) is 0.158. The number of imidazole rings is 1. The number of aryl methyl sites for hydroxylation is 2. The molecule has 1 aliphatic heterocycles. The van der Waals surface area contributed by atoms with Gasteiger partial charge in [0.1, 0.15) is 11.6 Å². The van der Waals surface area contributed by atoms with E-state index in [4.69, 9.17) is 0 Å². The summed E-state index contributed by atoms with van der Waals surface area (Å²) in [6.07, 6.45) is 7.47. The molecule has 0 amide bonds. The van der Waals surface area contributed by atoms with Gasteiger partial charge >= 0.3 is 0 Å². The van der Waals surface area contributed by atoms with E-state index in [0.717, 1.165) is 39.7 Å². The predicted octanol–water partition coefficient (Wildman–Crippen LogP) is 3.28. The molecule has 0 unspecified atom stereocenters. The third-order valence-corrected chi connectivity index (χ3v) is 4.57. The van der Waals surface area contributed by atoms with Crippen molar-refractivity contribution in [1.82, 2.24) is 29.1 Å². The van der Waals surface area contributed by atoms with Crippen LogP contribution in [-0.4, -0.2) is 29.1 Å². The van der Waals surface area contributed by atoms with Crippen LogP contribution in [0.15, 0.2) is 30.6 Å². The molecule has 0 fully saturated rings. The minimum absolute atomic E-state index is 0.215. The van der Waals surface area contributed by atoms with Crippen LogP contribution in [0.3, 0.4) is 0 Å². The highest BCUT2D eigenvalue weighted by Crippen LogP contribution is 2.31. The predicted molar refractivity (Wildman–Crippen MR) is 95.9 cm³/mol. The SMILES string of the molecule is Cc1ncc(C)n2nc(C=Cc3cn4c(n3)-c3ccc(F)cc3C4)nc12. The number of fused-ring (bicyclic) bond motifs is 4. The second kappa shape index (κ2) is 5.32. The smallest absolute Gasteiger partial charge is 0.177 e. The minimum atomic E-state index is -0.215. The van der Waals surface area contributed by atoms with Crippen LogP contribution in [0.5, 0.6) is 0 Å². The summed E-state index contributed by atoms with van der Waals surface area (Å²) in [7, 11) is 0. The maximum absolute atomic E-state index is 13.4. The first-order valence-corrected chi connectivity index (χ1v) is 8.31. The van der Waals surface area contributed by atoms with E-state index in [1.165, 1.54) is 6.07 Å². The number of hydrogen-bond acceptors (Lipinski definition) is 4.